The molecule has 0 aliphatic carbocycles. The molecule has 160 valence electrons. The second kappa shape index (κ2) is 8.97. The maximum atomic E-state index is 12.4. The Labute approximate surface area is 179 Å². The summed E-state index contributed by atoms with van der Waals surface area (Å²) in [6.07, 6.45) is 0. The minimum Gasteiger partial charge on any atom is -0.484 e. The Kier molecular flexibility index (Phi) is 6.58. The van der Waals surface area contributed by atoms with E-state index in [2.05, 4.69) is 29.0 Å². The highest BCUT2D eigenvalue weighted by atomic mass is 32.1. The normalized spacial score (nSPS) is 11.8. The SMILES string of the molecule is Cc1nc(-c2cc3ccc(OCC(=O)NCC(C)(C)CN(C)C)cc3oc2=O)cs1. The van der Waals surface area contributed by atoms with E-state index in [1.807, 2.05) is 26.4 Å². The van der Waals surface area contributed by atoms with E-state index < -0.39 is 5.63 Å². The number of hydrogen-bond acceptors (Lipinski definition) is 7. The summed E-state index contributed by atoms with van der Waals surface area (Å²) in [6, 6.07) is 6.94. The van der Waals surface area contributed by atoms with E-state index in [0.29, 0.717) is 29.1 Å². The van der Waals surface area contributed by atoms with Gasteiger partial charge in [-0.25, -0.2) is 9.78 Å². The molecule has 30 heavy (non-hydrogen) atoms. The quantitative estimate of drug-likeness (QED) is 0.553. The molecule has 0 unspecified atom stereocenters. The molecule has 1 amide bonds. The van der Waals surface area contributed by atoms with Crippen LogP contribution in [0.15, 0.2) is 38.9 Å². The Balaban J connectivity index is 1.65. The molecule has 0 saturated carbocycles. The average Bonchev–Trinajstić information content (AvgIpc) is 3.09. The average molecular weight is 430 g/mol. The van der Waals surface area contributed by atoms with Crippen LogP contribution in [0.2, 0.25) is 0 Å². The summed E-state index contributed by atoms with van der Waals surface area (Å²) in [5.74, 6) is 0.267. The van der Waals surface area contributed by atoms with Crippen molar-refractivity contribution in [1.29, 1.82) is 0 Å². The van der Waals surface area contributed by atoms with Gasteiger partial charge in [-0.1, -0.05) is 13.8 Å². The molecule has 1 aromatic carbocycles. The third kappa shape index (κ3) is 5.67. The Morgan fingerprint density at radius 1 is 1.30 bits per heavy atom. The maximum Gasteiger partial charge on any atom is 0.345 e. The highest BCUT2D eigenvalue weighted by Gasteiger charge is 2.20. The molecule has 0 fully saturated rings. The van der Waals surface area contributed by atoms with E-state index in [9.17, 15) is 9.59 Å². The number of hydrogen-bond donors (Lipinski definition) is 1. The number of nitrogens with zero attached hydrogens (tertiary/aromatic N) is 2. The number of aromatic nitrogens is 1. The van der Waals surface area contributed by atoms with Gasteiger partial charge in [-0.3, -0.25) is 4.79 Å². The number of aryl methyl sites for hydroxylation is 1. The first-order chi connectivity index (χ1) is 14.1. The van der Waals surface area contributed by atoms with Gasteiger partial charge in [0.1, 0.15) is 11.3 Å². The highest BCUT2D eigenvalue weighted by Crippen LogP contribution is 2.25. The fourth-order valence-corrected chi connectivity index (χ4v) is 3.91. The summed E-state index contributed by atoms with van der Waals surface area (Å²) in [5.41, 5.74) is 0.952. The Bertz CT molecular complexity index is 1100. The number of benzene rings is 1. The van der Waals surface area contributed by atoms with Crippen molar-refractivity contribution in [2.45, 2.75) is 20.8 Å². The van der Waals surface area contributed by atoms with Gasteiger partial charge in [0.05, 0.1) is 16.3 Å². The van der Waals surface area contributed by atoms with Gasteiger partial charge in [-0.15, -0.1) is 11.3 Å². The van der Waals surface area contributed by atoms with E-state index in [1.165, 1.54) is 11.3 Å². The third-order valence-electron chi connectivity index (χ3n) is 4.48. The Morgan fingerprint density at radius 2 is 2.07 bits per heavy atom. The lowest BCUT2D eigenvalue weighted by Gasteiger charge is -2.28. The second-order valence-corrected chi connectivity index (χ2v) is 9.43. The van der Waals surface area contributed by atoms with Crippen molar-refractivity contribution in [1.82, 2.24) is 15.2 Å². The molecule has 3 rings (SSSR count). The smallest absolute Gasteiger partial charge is 0.345 e. The Morgan fingerprint density at radius 3 is 2.73 bits per heavy atom. The van der Waals surface area contributed by atoms with E-state index in [-0.39, 0.29) is 17.9 Å². The minimum absolute atomic E-state index is 0.0426. The zero-order valence-corrected chi connectivity index (χ0v) is 18.8. The molecule has 1 N–H and O–H groups in total. The first-order valence-corrected chi connectivity index (χ1v) is 10.6. The second-order valence-electron chi connectivity index (χ2n) is 8.37. The number of carbonyl (C=O) groups is 1. The molecule has 2 heterocycles. The van der Waals surface area contributed by atoms with Crippen LogP contribution in [0.1, 0.15) is 18.9 Å². The van der Waals surface area contributed by atoms with Crippen LogP contribution in [0.25, 0.3) is 22.2 Å². The number of fused-ring (bicyclic) bond motifs is 1. The number of thiazole rings is 1. The molecule has 0 saturated heterocycles. The summed E-state index contributed by atoms with van der Waals surface area (Å²) < 4.78 is 11.0. The lowest BCUT2D eigenvalue weighted by Crippen LogP contribution is -2.41. The van der Waals surface area contributed by atoms with Gasteiger partial charge >= 0.3 is 5.63 Å². The number of nitrogens with one attached hydrogen (secondary N) is 1. The van der Waals surface area contributed by atoms with Gasteiger partial charge in [0, 0.05) is 29.9 Å². The molecular weight excluding hydrogens is 402 g/mol. The molecular formula is C22H27N3O4S. The fraction of sp³-hybridized carbons (Fsp3) is 0.409. The predicted octanol–water partition coefficient (Wildman–Crippen LogP) is 3.31. The third-order valence-corrected chi connectivity index (χ3v) is 5.25. The van der Waals surface area contributed by atoms with Gasteiger partial charge < -0.3 is 19.4 Å². The standard InChI is InChI=1S/C22H27N3O4S/c1-14-24-18(11-30-14)17-8-15-6-7-16(9-19(15)29-21(17)27)28-10-20(26)23-12-22(2,3)13-25(4)5/h6-9,11H,10,12-13H2,1-5H3,(H,23,26). The van der Waals surface area contributed by atoms with Gasteiger partial charge in [-0.2, -0.15) is 0 Å². The van der Waals surface area contributed by atoms with Crippen LogP contribution < -0.4 is 15.7 Å². The van der Waals surface area contributed by atoms with E-state index in [4.69, 9.17) is 9.15 Å². The van der Waals surface area contributed by atoms with Crippen LogP contribution >= 0.6 is 11.3 Å². The van der Waals surface area contributed by atoms with Crippen molar-refractivity contribution in [3.63, 3.8) is 0 Å². The number of amides is 1. The largest absolute Gasteiger partial charge is 0.484 e. The molecule has 2 aromatic heterocycles. The lowest BCUT2D eigenvalue weighted by molar-refractivity contribution is -0.123. The molecule has 7 nitrogen and oxygen atoms in total. The zero-order chi connectivity index (χ0) is 21.9. The number of ether oxygens (including phenoxy) is 1. The maximum absolute atomic E-state index is 12.4. The molecule has 3 aromatic rings. The van der Waals surface area contributed by atoms with Crippen molar-refractivity contribution in [2.24, 2.45) is 5.41 Å². The summed E-state index contributed by atoms with van der Waals surface area (Å²) in [6.45, 7) is 7.39. The van der Waals surface area contributed by atoms with E-state index >= 15 is 0 Å². The fourth-order valence-electron chi connectivity index (χ4n) is 3.30. The van der Waals surface area contributed by atoms with E-state index in [1.54, 1.807) is 24.3 Å². The van der Waals surface area contributed by atoms with Crippen molar-refractivity contribution < 1.29 is 13.9 Å². The molecule has 0 bridgehead atoms. The molecule has 0 atom stereocenters. The topological polar surface area (TPSA) is 84.7 Å². The van der Waals surface area contributed by atoms with Gasteiger partial charge in [0.15, 0.2) is 6.61 Å². The van der Waals surface area contributed by atoms with Crippen molar-refractivity contribution in [2.75, 3.05) is 33.8 Å². The van der Waals surface area contributed by atoms with Crippen LogP contribution in [0.3, 0.4) is 0 Å². The van der Waals surface area contributed by atoms with Crippen molar-refractivity contribution in [3.8, 4) is 17.0 Å². The van der Waals surface area contributed by atoms with Gasteiger partial charge in [-0.05, 0) is 44.6 Å². The summed E-state index contributed by atoms with van der Waals surface area (Å²) in [5, 5.41) is 6.39. The van der Waals surface area contributed by atoms with Crippen LogP contribution in [-0.2, 0) is 4.79 Å². The minimum atomic E-state index is -0.453. The lowest BCUT2D eigenvalue weighted by atomic mass is 9.93. The van der Waals surface area contributed by atoms with Crippen LogP contribution in [-0.4, -0.2) is 49.6 Å². The molecule has 8 heteroatoms. The monoisotopic (exact) mass is 429 g/mol. The number of rotatable bonds is 8. The molecule has 0 aliphatic rings. The highest BCUT2D eigenvalue weighted by molar-refractivity contribution is 7.09. The Hall–Kier alpha value is -2.71. The van der Waals surface area contributed by atoms with Gasteiger partial charge in [0.25, 0.3) is 5.91 Å². The van der Waals surface area contributed by atoms with Crippen LogP contribution in [0.5, 0.6) is 5.75 Å². The van der Waals surface area contributed by atoms with Crippen LogP contribution in [0.4, 0.5) is 0 Å². The van der Waals surface area contributed by atoms with Crippen molar-refractivity contribution >= 4 is 28.2 Å². The summed E-state index contributed by atoms with van der Waals surface area (Å²) >= 11 is 1.48. The summed E-state index contributed by atoms with van der Waals surface area (Å²) in [4.78, 5) is 30.9. The molecule has 0 spiro atoms. The van der Waals surface area contributed by atoms with Crippen LogP contribution in [0, 0.1) is 12.3 Å². The van der Waals surface area contributed by atoms with Gasteiger partial charge in [0.2, 0.25) is 0 Å². The predicted molar refractivity (Wildman–Crippen MR) is 119 cm³/mol. The molecule has 0 aliphatic heterocycles. The summed E-state index contributed by atoms with van der Waals surface area (Å²) in [7, 11) is 4.01. The molecule has 0 radical (unpaired) electrons. The first kappa shape index (κ1) is 22.0. The zero-order valence-electron chi connectivity index (χ0n) is 17.9. The van der Waals surface area contributed by atoms with Crippen molar-refractivity contribution in [3.05, 3.63) is 45.1 Å². The first-order valence-electron chi connectivity index (χ1n) is 9.68. The van der Waals surface area contributed by atoms with E-state index in [0.717, 1.165) is 16.9 Å². The number of carbonyl (C=O) groups excluding carboxylic acids is 1.